The minimum absolute atomic E-state index is 0.0607. The molecule has 1 saturated heterocycles. The Kier molecular flexibility index (Phi) is 5.33. The number of pyridine rings is 1. The number of carbonyl (C=O) groups excluding carboxylic acids is 2. The van der Waals surface area contributed by atoms with Crippen molar-refractivity contribution in [3.8, 4) is 5.88 Å². The second-order valence-electron chi connectivity index (χ2n) is 5.66. The second kappa shape index (κ2) is 7.65. The number of hydrogen-bond acceptors (Lipinski definition) is 4. The monoisotopic (exact) mass is 403 g/mol. The lowest BCUT2D eigenvalue weighted by Crippen LogP contribution is -2.28. The average Bonchev–Trinajstić information content (AvgIpc) is 2.99. The first-order valence-corrected chi connectivity index (χ1v) is 8.82. The van der Waals surface area contributed by atoms with Gasteiger partial charge in [0.2, 0.25) is 17.7 Å². The Morgan fingerprint density at radius 1 is 1.40 bits per heavy atom. The molecule has 1 aliphatic heterocycles. The summed E-state index contributed by atoms with van der Waals surface area (Å²) in [6.45, 7) is 2.66. The molecule has 0 radical (unpaired) electrons. The van der Waals surface area contributed by atoms with E-state index in [0.29, 0.717) is 24.7 Å². The molecule has 7 heteroatoms. The highest BCUT2D eigenvalue weighted by atomic mass is 79.9. The molecule has 1 fully saturated rings. The van der Waals surface area contributed by atoms with E-state index in [9.17, 15) is 9.59 Å². The fourth-order valence-corrected chi connectivity index (χ4v) is 3.14. The molecular formula is C18H18BrN3O3. The van der Waals surface area contributed by atoms with Crippen molar-refractivity contribution in [3.05, 3.63) is 47.1 Å². The van der Waals surface area contributed by atoms with Gasteiger partial charge in [0.05, 0.1) is 12.5 Å². The van der Waals surface area contributed by atoms with E-state index in [1.807, 2.05) is 31.2 Å². The number of nitrogens with zero attached hydrogens (tertiary/aromatic N) is 2. The number of ether oxygens (including phenoxy) is 1. The molecule has 0 unspecified atom stereocenters. The Hall–Kier alpha value is -2.41. The van der Waals surface area contributed by atoms with Gasteiger partial charge in [-0.05, 0) is 37.3 Å². The highest BCUT2D eigenvalue weighted by Gasteiger charge is 2.35. The SMILES string of the molecule is CCOc1ncccc1NC(=O)[C@H]1CC(=O)N(c2cccc(Br)c2)C1. The molecule has 2 heterocycles. The number of rotatable bonds is 5. The molecule has 2 amide bonds. The lowest BCUT2D eigenvalue weighted by Gasteiger charge is -2.17. The summed E-state index contributed by atoms with van der Waals surface area (Å²) in [6, 6.07) is 10.9. The first kappa shape index (κ1) is 17.4. The summed E-state index contributed by atoms with van der Waals surface area (Å²) in [4.78, 5) is 30.7. The first-order valence-electron chi connectivity index (χ1n) is 8.03. The zero-order chi connectivity index (χ0) is 17.8. The van der Waals surface area contributed by atoms with E-state index in [-0.39, 0.29) is 18.2 Å². The van der Waals surface area contributed by atoms with Crippen molar-refractivity contribution >= 4 is 39.1 Å². The molecular weight excluding hydrogens is 386 g/mol. The summed E-state index contributed by atoms with van der Waals surface area (Å²) in [5.74, 6) is -0.304. The Balaban J connectivity index is 1.71. The molecule has 3 rings (SSSR count). The largest absolute Gasteiger partial charge is 0.476 e. The van der Waals surface area contributed by atoms with Crippen LogP contribution >= 0.6 is 15.9 Å². The number of hydrogen-bond donors (Lipinski definition) is 1. The van der Waals surface area contributed by atoms with E-state index in [1.54, 1.807) is 23.2 Å². The van der Waals surface area contributed by atoms with E-state index in [0.717, 1.165) is 10.2 Å². The second-order valence-corrected chi connectivity index (χ2v) is 6.58. The van der Waals surface area contributed by atoms with Gasteiger partial charge in [-0.1, -0.05) is 22.0 Å². The van der Waals surface area contributed by atoms with Crippen LogP contribution in [0.15, 0.2) is 47.1 Å². The van der Waals surface area contributed by atoms with Gasteiger partial charge in [0, 0.05) is 29.3 Å². The molecule has 1 N–H and O–H groups in total. The fourth-order valence-electron chi connectivity index (χ4n) is 2.75. The number of amides is 2. The van der Waals surface area contributed by atoms with Crippen molar-refractivity contribution in [2.75, 3.05) is 23.4 Å². The van der Waals surface area contributed by atoms with E-state index in [2.05, 4.69) is 26.2 Å². The highest BCUT2D eigenvalue weighted by Crippen LogP contribution is 2.29. The van der Waals surface area contributed by atoms with Gasteiger partial charge in [-0.3, -0.25) is 9.59 Å². The van der Waals surface area contributed by atoms with Gasteiger partial charge in [0.25, 0.3) is 0 Å². The molecule has 1 atom stereocenters. The van der Waals surface area contributed by atoms with Crippen molar-refractivity contribution in [1.29, 1.82) is 0 Å². The fraction of sp³-hybridized carbons (Fsp3) is 0.278. The third-order valence-electron chi connectivity index (χ3n) is 3.93. The lowest BCUT2D eigenvalue weighted by atomic mass is 10.1. The van der Waals surface area contributed by atoms with Crippen molar-refractivity contribution in [1.82, 2.24) is 4.98 Å². The molecule has 0 aliphatic carbocycles. The van der Waals surface area contributed by atoms with E-state index in [1.165, 1.54) is 0 Å². The third-order valence-corrected chi connectivity index (χ3v) is 4.42. The molecule has 0 saturated carbocycles. The van der Waals surface area contributed by atoms with Crippen molar-refractivity contribution in [3.63, 3.8) is 0 Å². The smallest absolute Gasteiger partial charge is 0.237 e. The summed E-state index contributed by atoms with van der Waals surface area (Å²) >= 11 is 3.40. The van der Waals surface area contributed by atoms with E-state index in [4.69, 9.17) is 4.74 Å². The standard InChI is InChI=1S/C18H18BrN3O3/c1-2-25-18-15(7-4-8-20-18)21-17(24)12-9-16(23)22(11-12)14-6-3-5-13(19)10-14/h3-8,10,12H,2,9,11H2,1H3,(H,21,24)/t12-/m0/s1. The van der Waals surface area contributed by atoms with Crippen LogP contribution in [0, 0.1) is 5.92 Å². The van der Waals surface area contributed by atoms with Crippen LogP contribution in [0.1, 0.15) is 13.3 Å². The van der Waals surface area contributed by atoms with Crippen LogP contribution < -0.4 is 15.0 Å². The molecule has 130 valence electrons. The van der Waals surface area contributed by atoms with Gasteiger partial charge >= 0.3 is 0 Å². The number of anilines is 2. The van der Waals surface area contributed by atoms with Gasteiger partial charge in [0.15, 0.2) is 0 Å². The molecule has 0 bridgehead atoms. The number of benzene rings is 1. The van der Waals surface area contributed by atoms with E-state index < -0.39 is 5.92 Å². The van der Waals surface area contributed by atoms with Crippen LogP contribution in [0.2, 0.25) is 0 Å². The van der Waals surface area contributed by atoms with Gasteiger partial charge in [0.1, 0.15) is 5.69 Å². The van der Waals surface area contributed by atoms with Crippen molar-refractivity contribution in [2.24, 2.45) is 5.92 Å². The molecule has 1 aliphatic rings. The van der Waals surface area contributed by atoms with Gasteiger partial charge in [-0.2, -0.15) is 0 Å². The van der Waals surface area contributed by atoms with Gasteiger partial charge in [-0.15, -0.1) is 0 Å². The number of aromatic nitrogens is 1. The van der Waals surface area contributed by atoms with Crippen LogP contribution in [0.5, 0.6) is 5.88 Å². The lowest BCUT2D eigenvalue weighted by molar-refractivity contribution is -0.122. The predicted octanol–water partition coefficient (Wildman–Crippen LogP) is 3.23. The maximum absolute atomic E-state index is 12.6. The van der Waals surface area contributed by atoms with Gasteiger partial charge < -0.3 is 15.0 Å². The van der Waals surface area contributed by atoms with Crippen molar-refractivity contribution in [2.45, 2.75) is 13.3 Å². The normalized spacial score (nSPS) is 16.8. The highest BCUT2D eigenvalue weighted by molar-refractivity contribution is 9.10. The number of halogens is 1. The zero-order valence-electron chi connectivity index (χ0n) is 13.7. The first-order chi connectivity index (χ1) is 12.1. The maximum atomic E-state index is 12.6. The number of nitrogens with one attached hydrogen (secondary N) is 1. The molecule has 0 spiro atoms. The zero-order valence-corrected chi connectivity index (χ0v) is 15.3. The summed E-state index contributed by atoms with van der Waals surface area (Å²) < 4.78 is 6.31. The molecule has 6 nitrogen and oxygen atoms in total. The Morgan fingerprint density at radius 2 is 2.24 bits per heavy atom. The van der Waals surface area contributed by atoms with Crippen LogP contribution in [-0.4, -0.2) is 29.9 Å². The topological polar surface area (TPSA) is 71.5 Å². The minimum Gasteiger partial charge on any atom is -0.476 e. The molecule has 1 aromatic heterocycles. The van der Waals surface area contributed by atoms with Crippen LogP contribution in [-0.2, 0) is 9.59 Å². The average molecular weight is 404 g/mol. The van der Waals surface area contributed by atoms with Crippen LogP contribution in [0.25, 0.3) is 0 Å². The van der Waals surface area contributed by atoms with E-state index >= 15 is 0 Å². The molecule has 1 aromatic carbocycles. The van der Waals surface area contributed by atoms with Crippen molar-refractivity contribution < 1.29 is 14.3 Å². The summed E-state index contributed by atoms with van der Waals surface area (Å²) in [6.07, 6.45) is 1.79. The van der Waals surface area contributed by atoms with Crippen LogP contribution in [0.3, 0.4) is 0 Å². The summed E-state index contributed by atoms with van der Waals surface area (Å²) in [7, 11) is 0. The predicted molar refractivity (Wildman–Crippen MR) is 98.6 cm³/mol. The van der Waals surface area contributed by atoms with Gasteiger partial charge in [-0.25, -0.2) is 4.98 Å². The number of carbonyl (C=O) groups is 2. The third kappa shape index (κ3) is 3.99. The Labute approximate surface area is 154 Å². The summed E-state index contributed by atoms with van der Waals surface area (Å²) in [5, 5.41) is 2.83. The van der Waals surface area contributed by atoms with Crippen LogP contribution in [0.4, 0.5) is 11.4 Å². The summed E-state index contributed by atoms with van der Waals surface area (Å²) in [5.41, 5.74) is 1.30. The minimum atomic E-state index is -0.416. The Bertz CT molecular complexity index is 797. The molecule has 25 heavy (non-hydrogen) atoms. The quantitative estimate of drug-likeness (QED) is 0.831. The molecule has 2 aromatic rings. The maximum Gasteiger partial charge on any atom is 0.237 e. The Morgan fingerprint density at radius 3 is 3.00 bits per heavy atom.